The maximum absolute atomic E-state index is 10.3. The molecule has 0 aromatic carbocycles. The van der Waals surface area contributed by atoms with E-state index in [0.29, 0.717) is 25.6 Å². The second-order valence-electron chi connectivity index (χ2n) is 5.36. The number of H-pyrrole nitrogens is 1. The van der Waals surface area contributed by atoms with E-state index in [0.717, 1.165) is 24.7 Å². The number of aromatic nitrogens is 4. The summed E-state index contributed by atoms with van der Waals surface area (Å²) in [6, 6.07) is 1.82. The Bertz CT molecular complexity index is 589. The molecule has 1 atom stereocenters. The Hall–Kier alpha value is -2.19. The van der Waals surface area contributed by atoms with Gasteiger partial charge in [0.25, 0.3) is 0 Å². The van der Waals surface area contributed by atoms with Crippen LogP contribution in [0.1, 0.15) is 5.82 Å². The average molecular weight is 303 g/mol. The number of aromatic amines is 1. The van der Waals surface area contributed by atoms with Gasteiger partial charge in [-0.3, -0.25) is 4.90 Å². The third-order valence-electron chi connectivity index (χ3n) is 3.70. The van der Waals surface area contributed by atoms with Crippen molar-refractivity contribution in [1.29, 1.82) is 0 Å². The van der Waals surface area contributed by atoms with Crippen LogP contribution in [0.4, 0.5) is 11.8 Å². The fourth-order valence-electron chi connectivity index (χ4n) is 2.62. The first kappa shape index (κ1) is 14.7. The van der Waals surface area contributed by atoms with Crippen molar-refractivity contribution in [3.8, 4) is 0 Å². The van der Waals surface area contributed by atoms with Gasteiger partial charge in [-0.2, -0.15) is 4.98 Å². The van der Waals surface area contributed by atoms with Gasteiger partial charge >= 0.3 is 0 Å². The van der Waals surface area contributed by atoms with E-state index in [1.54, 1.807) is 12.4 Å². The molecule has 0 bridgehead atoms. The van der Waals surface area contributed by atoms with Crippen molar-refractivity contribution in [2.24, 2.45) is 0 Å². The van der Waals surface area contributed by atoms with Crippen LogP contribution in [0.3, 0.4) is 0 Å². The van der Waals surface area contributed by atoms with Crippen LogP contribution in [0.15, 0.2) is 24.7 Å². The van der Waals surface area contributed by atoms with Gasteiger partial charge in [-0.1, -0.05) is 0 Å². The molecular weight excluding hydrogens is 282 g/mol. The zero-order chi connectivity index (χ0) is 15.4. The minimum atomic E-state index is -0.445. The molecule has 118 valence electrons. The fraction of sp³-hybridized carbons (Fsp3) is 0.500. The van der Waals surface area contributed by atoms with Gasteiger partial charge in [-0.05, 0) is 6.07 Å². The summed E-state index contributed by atoms with van der Waals surface area (Å²) in [6.07, 6.45) is 4.84. The minimum Gasteiger partial charge on any atom is -0.390 e. The SMILES string of the molecule is CNc1ccnc(N2CCN(Cc3ncc[nH]3)CC(O)C2)n1. The van der Waals surface area contributed by atoms with Crippen LogP contribution in [0.5, 0.6) is 0 Å². The molecule has 1 fully saturated rings. The minimum absolute atomic E-state index is 0.445. The molecule has 22 heavy (non-hydrogen) atoms. The van der Waals surface area contributed by atoms with Gasteiger partial charge < -0.3 is 20.3 Å². The first-order valence-corrected chi connectivity index (χ1v) is 7.39. The summed E-state index contributed by atoms with van der Waals surface area (Å²) in [5, 5.41) is 13.3. The van der Waals surface area contributed by atoms with Crippen molar-refractivity contribution in [2.45, 2.75) is 12.6 Å². The molecule has 0 spiro atoms. The first-order chi connectivity index (χ1) is 10.7. The van der Waals surface area contributed by atoms with E-state index in [9.17, 15) is 5.11 Å². The number of rotatable bonds is 4. The number of hydrogen-bond acceptors (Lipinski definition) is 7. The smallest absolute Gasteiger partial charge is 0.227 e. The van der Waals surface area contributed by atoms with E-state index in [1.807, 2.05) is 24.2 Å². The van der Waals surface area contributed by atoms with E-state index < -0.39 is 6.10 Å². The highest BCUT2D eigenvalue weighted by Crippen LogP contribution is 2.14. The molecule has 3 heterocycles. The van der Waals surface area contributed by atoms with Gasteiger partial charge in [0, 0.05) is 51.8 Å². The maximum Gasteiger partial charge on any atom is 0.227 e. The lowest BCUT2D eigenvalue weighted by Gasteiger charge is -2.21. The largest absolute Gasteiger partial charge is 0.390 e. The third kappa shape index (κ3) is 3.52. The Morgan fingerprint density at radius 2 is 2.23 bits per heavy atom. The lowest BCUT2D eigenvalue weighted by atomic mass is 10.3. The van der Waals surface area contributed by atoms with Crippen molar-refractivity contribution < 1.29 is 5.11 Å². The Kier molecular flexibility index (Phi) is 4.50. The highest BCUT2D eigenvalue weighted by molar-refractivity contribution is 5.41. The molecule has 8 heteroatoms. The first-order valence-electron chi connectivity index (χ1n) is 7.39. The van der Waals surface area contributed by atoms with Crippen molar-refractivity contribution in [3.05, 3.63) is 30.5 Å². The van der Waals surface area contributed by atoms with Crippen LogP contribution < -0.4 is 10.2 Å². The number of nitrogens with zero attached hydrogens (tertiary/aromatic N) is 5. The molecule has 2 aromatic rings. The second-order valence-corrected chi connectivity index (χ2v) is 5.36. The molecule has 1 aliphatic rings. The van der Waals surface area contributed by atoms with E-state index >= 15 is 0 Å². The highest BCUT2D eigenvalue weighted by Gasteiger charge is 2.23. The summed E-state index contributed by atoms with van der Waals surface area (Å²) in [5.41, 5.74) is 0. The molecule has 3 N–H and O–H groups in total. The van der Waals surface area contributed by atoms with Gasteiger partial charge in [-0.15, -0.1) is 0 Å². The molecule has 1 unspecified atom stereocenters. The van der Waals surface area contributed by atoms with Crippen LogP contribution in [0.2, 0.25) is 0 Å². The standard InChI is InChI=1S/C14H21N7O/c1-15-12-2-3-18-14(19-12)21-7-6-20(8-11(22)9-21)10-13-16-4-5-17-13/h2-5,11,22H,6-10H2,1H3,(H,16,17)(H,15,18,19). The lowest BCUT2D eigenvalue weighted by molar-refractivity contribution is 0.128. The van der Waals surface area contributed by atoms with E-state index in [2.05, 4.69) is 30.2 Å². The summed E-state index contributed by atoms with van der Waals surface area (Å²) < 4.78 is 0. The van der Waals surface area contributed by atoms with Crippen LogP contribution in [0.25, 0.3) is 0 Å². The van der Waals surface area contributed by atoms with Gasteiger partial charge in [0.1, 0.15) is 11.6 Å². The molecule has 0 amide bonds. The summed E-state index contributed by atoms with van der Waals surface area (Å²) >= 11 is 0. The van der Waals surface area contributed by atoms with Gasteiger partial charge in [-0.25, -0.2) is 9.97 Å². The molecule has 1 saturated heterocycles. The molecule has 0 saturated carbocycles. The number of nitrogens with one attached hydrogen (secondary N) is 2. The summed E-state index contributed by atoms with van der Waals surface area (Å²) in [6.45, 7) is 3.44. The summed E-state index contributed by atoms with van der Waals surface area (Å²) in [7, 11) is 1.83. The monoisotopic (exact) mass is 303 g/mol. The summed E-state index contributed by atoms with van der Waals surface area (Å²) in [5.74, 6) is 2.33. The normalized spacial score (nSPS) is 19.9. The number of aliphatic hydroxyl groups excluding tert-OH is 1. The van der Waals surface area contributed by atoms with Gasteiger partial charge in [0.15, 0.2) is 0 Å². The number of imidazole rings is 1. The predicted octanol–water partition coefficient (Wildman–Crippen LogP) is -0.0755. The fourth-order valence-corrected chi connectivity index (χ4v) is 2.62. The Morgan fingerprint density at radius 3 is 3.00 bits per heavy atom. The number of anilines is 2. The van der Waals surface area contributed by atoms with Crippen LogP contribution >= 0.6 is 0 Å². The van der Waals surface area contributed by atoms with Gasteiger partial charge in [0.2, 0.25) is 5.95 Å². The molecule has 8 nitrogen and oxygen atoms in total. The van der Waals surface area contributed by atoms with Gasteiger partial charge in [0.05, 0.1) is 12.6 Å². The second kappa shape index (κ2) is 6.71. The van der Waals surface area contributed by atoms with Crippen molar-refractivity contribution in [2.75, 3.05) is 43.4 Å². The van der Waals surface area contributed by atoms with Crippen molar-refractivity contribution in [1.82, 2.24) is 24.8 Å². The maximum atomic E-state index is 10.3. The Morgan fingerprint density at radius 1 is 1.32 bits per heavy atom. The lowest BCUT2D eigenvalue weighted by Crippen LogP contribution is -2.34. The van der Waals surface area contributed by atoms with Crippen molar-refractivity contribution in [3.63, 3.8) is 0 Å². The molecule has 0 radical (unpaired) electrons. The number of hydrogen-bond donors (Lipinski definition) is 3. The zero-order valence-corrected chi connectivity index (χ0v) is 12.6. The molecule has 2 aromatic heterocycles. The van der Waals surface area contributed by atoms with E-state index in [-0.39, 0.29) is 0 Å². The molecule has 1 aliphatic heterocycles. The predicted molar refractivity (Wildman–Crippen MR) is 83.7 cm³/mol. The number of β-amino-alcohol motifs (C(OH)–C–C–N with tert-alkyl or cyclic N) is 1. The quantitative estimate of drug-likeness (QED) is 0.727. The Balaban J connectivity index is 1.68. The Labute approximate surface area is 129 Å². The van der Waals surface area contributed by atoms with E-state index in [4.69, 9.17) is 0 Å². The zero-order valence-electron chi connectivity index (χ0n) is 12.6. The number of aliphatic hydroxyl groups is 1. The molecular formula is C14H21N7O. The van der Waals surface area contributed by atoms with E-state index in [1.165, 1.54) is 0 Å². The van der Waals surface area contributed by atoms with Crippen LogP contribution in [-0.2, 0) is 6.54 Å². The average Bonchev–Trinajstić information content (AvgIpc) is 2.96. The molecule has 0 aliphatic carbocycles. The molecule has 3 rings (SSSR count). The van der Waals surface area contributed by atoms with Crippen LogP contribution in [-0.4, -0.2) is 69.3 Å². The van der Waals surface area contributed by atoms with Crippen molar-refractivity contribution >= 4 is 11.8 Å². The van der Waals surface area contributed by atoms with Crippen LogP contribution in [0, 0.1) is 0 Å². The topological polar surface area (TPSA) is 93.2 Å². The summed E-state index contributed by atoms with van der Waals surface area (Å²) in [4.78, 5) is 20.3. The third-order valence-corrected chi connectivity index (χ3v) is 3.70. The highest BCUT2D eigenvalue weighted by atomic mass is 16.3.